The summed E-state index contributed by atoms with van der Waals surface area (Å²) in [5.74, 6) is -0.139. The Morgan fingerprint density at radius 2 is 2.09 bits per heavy atom. The van der Waals surface area contributed by atoms with Crippen LogP contribution in [-0.4, -0.2) is 30.3 Å². The van der Waals surface area contributed by atoms with Gasteiger partial charge in [-0.05, 0) is 48.4 Å². The first-order valence-electron chi connectivity index (χ1n) is 9.66. The number of nitrogens with one attached hydrogen (secondary N) is 1. The van der Waals surface area contributed by atoms with Crippen molar-refractivity contribution in [2.24, 2.45) is 0 Å². The highest BCUT2D eigenvalue weighted by Crippen LogP contribution is 2.28. The summed E-state index contributed by atoms with van der Waals surface area (Å²) in [5, 5.41) is 12.9. The quantitative estimate of drug-likeness (QED) is 0.321. The molecule has 3 aromatic heterocycles. The van der Waals surface area contributed by atoms with Gasteiger partial charge in [-0.25, -0.2) is 18.7 Å². The standard InChI is InChI=1S/C22H16FIN6O2/c1-13-18(22(31)32-24)11-30-20(13)21(25-12-27-30)28-17-5-6-19-15(8-17)9-26-29(19)10-14-3-2-4-16(23)7-14/h2-9,11-12H,10H2,1H3,(H,25,27,28). The number of carbonyl (C=O) groups is 1. The number of nitrogens with zero attached hydrogens (tertiary/aromatic N) is 5. The van der Waals surface area contributed by atoms with Crippen molar-refractivity contribution in [3.63, 3.8) is 0 Å². The zero-order valence-electron chi connectivity index (χ0n) is 16.8. The summed E-state index contributed by atoms with van der Waals surface area (Å²) in [6, 6.07) is 12.3. The molecule has 0 fully saturated rings. The van der Waals surface area contributed by atoms with Gasteiger partial charge < -0.3 is 8.38 Å². The second-order valence-electron chi connectivity index (χ2n) is 7.26. The lowest BCUT2D eigenvalue weighted by Gasteiger charge is -2.09. The molecule has 160 valence electrons. The van der Waals surface area contributed by atoms with Gasteiger partial charge in [-0.1, -0.05) is 12.1 Å². The smallest absolute Gasteiger partial charge is 0.349 e. The Bertz CT molecular complexity index is 1480. The van der Waals surface area contributed by atoms with Gasteiger partial charge in [-0.15, -0.1) is 0 Å². The Balaban J connectivity index is 1.47. The Hall–Kier alpha value is -3.54. The molecule has 0 radical (unpaired) electrons. The molecule has 0 spiro atoms. The average Bonchev–Trinajstić information content (AvgIpc) is 3.34. The van der Waals surface area contributed by atoms with Crippen molar-refractivity contribution >= 4 is 56.9 Å². The van der Waals surface area contributed by atoms with Crippen molar-refractivity contribution in [2.75, 3.05) is 5.32 Å². The van der Waals surface area contributed by atoms with Gasteiger partial charge in [0.05, 0.1) is 23.8 Å². The molecule has 5 aromatic rings. The lowest BCUT2D eigenvalue weighted by atomic mass is 10.2. The minimum absolute atomic E-state index is 0.266. The molecular weight excluding hydrogens is 526 g/mol. The molecule has 5 rings (SSSR count). The molecule has 1 N–H and O–H groups in total. The van der Waals surface area contributed by atoms with E-state index in [0.717, 1.165) is 27.7 Å². The molecule has 10 heteroatoms. The number of rotatable bonds is 5. The highest BCUT2D eigenvalue weighted by atomic mass is 127. The lowest BCUT2D eigenvalue weighted by Crippen LogP contribution is -2.02. The molecule has 3 heterocycles. The van der Waals surface area contributed by atoms with Crippen molar-refractivity contribution in [1.29, 1.82) is 0 Å². The third kappa shape index (κ3) is 3.66. The van der Waals surface area contributed by atoms with Gasteiger partial charge in [0.15, 0.2) is 28.8 Å². The van der Waals surface area contributed by atoms with Crippen LogP contribution in [0.4, 0.5) is 15.9 Å². The van der Waals surface area contributed by atoms with Crippen molar-refractivity contribution < 1.29 is 12.3 Å². The van der Waals surface area contributed by atoms with Crippen LogP contribution < -0.4 is 5.32 Å². The number of carbonyl (C=O) groups excluding carboxylic acids is 1. The van der Waals surface area contributed by atoms with E-state index >= 15 is 0 Å². The fourth-order valence-electron chi connectivity index (χ4n) is 3.74. The second-order valence-corrected chi connectivity index (χ2v) is 7.71. The molecule has 0 unspecified atom stereocenters. The summed E-state index contributed by atoms with van der Waals surface area (Å²) in [5.41, 5.74) is 4.41. The zero-order valence-corrected chi connectivity index (χ0v) is 18.9. The summed E-state index contributed by atoms with van der Waals surface area (Å²) < 4.78 is 21.8. The predicted molar refractivity (Wildman–Crippen MR) is 126 cm³/mol. The van der Waals surface area contributed by atoms with Crippen molar-refractivity contribution in [1.82, 2.24) is 24.4 Å². The molecular formula is C22H16FIN6O2. The number of fused-ring (bicyclic) bond motifs is 2. The van der Waals surface area contributed by atoms with Gasteiger partial charge in [-0.3, -0.25) is 4.68 Å². The Morgan fingerprint density at radius 3 is 2.91 bits per heavy atom. The maximum absolute atomic E-state index is 13.5. The van der Waals surface area contributed by atoms with Crippen LogP contribution in [0.3, 0.4) is 0 Å². The van der Waals surface area contributed by atoms with E-state index in [1.807, 2.05) is 35.9 Å². The number of aromatic nitrogens is 5. The van der Waals surface area contributed by atoms with Crippen molar-refractivity contribution in [3.05, 3.63) is 83.7 Å². The first kappa shape index (κ1) is 20.4. The van der Waals surface area contributed by atoms with Gasteiger partial charge in [0.2, 0.25) is 0 Å². The minimum atomic E-state index is -0.438. The number of benzene rings is 2. The molecule has 2 aromatic carbocycles. The summed E-state index contributed by atoms with van der Waals surface area (Å²) in [4.78, 5) is 16.4. The number of aryl methyl sites for hydroxylation is 1. The molecule has 0 atom stereocenters. The SMILES string of the molecule is Cc1c(C(=O)OI)cn2ncnc(Nc3ccc4c(cnn4Cc4cccc(F)c4)c3)c12. The van der Waals surface area contributed by atoms with E-state index < -0.39 is 5.97 Å². The van der Waals surface area contributed by atoms with Crippen LogP contribution in [0.5, 0.6) is 0 Å². The molecule has 0 aliphatic rings. The third-order valence-electron chi connectivity index (χ3n) is 5.24. The van der Waals surface area contributed by atoms with E-state index in [4.69, 9.17) is 3.07 Å². The van der Waals surface area contributed by atoms with Crippen LogP contribution in [0.1, 0.15) is 21.5 Å². The highest BCUT2D eigenvalue weighted by molar-refractivity contribution is 14.1. The topological polar surface area (TPSA) is 86.3 Å². The van der Waals surface area contributed by atoms with Crippen LogP contribution in [0.25, 0.3) is 16.4 Å². The van der Waals surface area contributed by atoms with Crippen LogP contribution in [0.15, 0.2) is 61.2 Å². The molecule has 0 amide bonds. The lowest BCUT2D eigenvalue weighted by molar-refractivity contribution is 0.0799. The van der Waals surface area contributed by atoms with E-state index in [2.05, 4.69) is 20.5 Å². The van der Waals surface area contributed by atoms with E-state index in [0.29, 0.717) is 23.4 Å². The van der Waals surface area contributed by atoms with Gasteiger partial charge >= 0.3 is 5.97 Å². The fraction of sp³-hybridized carbons (Fsp3) is 0.0909. The molecule has 8 nitrogen and oxygen atoms in total. The van der Waals surface area contributed by atoms with E-state index in [1.165, 1.54) is 18.5 Å². The third-order valence-corrected chi connectivity index (χ3v) is 5.64. The largest absolute Gasteiger partial charge is 0.391 e. The zero-order chi connectivity index (χ0) is 22.2. The Labute approximate surface area is 195 Å². The summed E-state index contributed by atoms with van der Waals surface area (Å²) in [6.07, 6.45) is 4.81. The fourth-order valence-corrected chi connectivity index (χ4v) is 3.97. The van der Waals surface area contributed by atoms with Gasteiger partial charge in [-0.2, -0.15) is 10.2 Å². The Morgan fingerprint density at radius 1 is 1.22 bits per heavy atom. The van der Waals surface area contributed by atoms with Crippen LogP contribution >= 0.6 is 23.0 Å². The molecule has 0 bridgehead atoms. The van der Waals surface area contributed by atoms with Gasteiger partial charge in [0.25, 0.3) is 0 Å². The molecule has 0 aliphatic carbocycles. The maximum atomic E-state index is 13.5. The van der Waals surface area contributed by atoms with Crippen molar-refractivity contribution in [2.45, 2.75) is 13.5 Å². The number of anilines is 2. The second kappa shape index (κ2) is 8.19. The Kier molecular flexibility index (Phi) is 5.21. The number of hydrogen-bond acceptors (Lipinski definition) is 6. The van der Waals surface area contributed by atoms with E-state index in [9.17, 15) is 9.18 Å². The molecule has 32 heavy (non-hydrogen) atoms. The monoisotopic (exact) mass is 542 g/mol. The summed E-state index contributed by atoms with van der Waals surface area (Å²) in [7, 11) is 0. The van der Waals surface area contributed by atoms with Gasteiger partial charge in [0.1, 0.15) is 17.7 Å². The first-order chi connectivity index (χ1) is 15.5. The maximum Gasteiger partial charge on any atom is 0.349 e. The molecule has 0 saturated carbocycles. The van der Waals surface area contributed by atoms with Crippen molar-refractivity contribution in [3.8, 4) is 0 Å². The van der Waals surface area contributed by atoms with E-state index in [-0.39, 0.29) is 5.82 Å². The average molecular weight is 542 g/mol. The molecule has 0 saturated heterocycles. The summed E-state index contributed by atoms with van der Waals surface area (Å²) in [6.45, 7) is 2.30. The first-order valence-corrected chi connectivity index (χ1v) is 10.5. The minimum Gasteiger partial charge on any atom is -0.391 e. The number of halogens is 2. The predicted octanol–water partition coefficient (Wildman–Crippen LogP) is 4.83. The normalized spacial score (nSPS) is 11.2. The molecule has 0 aliphatic heterocycles. The summed E-state index contributed by atoms with van der Waals surface area (Å²) >= 11 is 1.57. The van der Waals surface area contributed by atoms with E-state index in [1.54, 1.807) is 46.0 Å². The highest BCUT2D eigenvalue weighted by Gasteiger charge is 2.19. The van der Waals surface area contributed by atoms with Crippen LogP contribution in [0.2, 0.25) is 0 Å². The van der Waals surface area contributed by atoms with Crippen LogP contribution in [-0.2, 0) is 9.61 Å². The van der Waals surface area contributed by atoms with Crippen LogP contribution in [0, 0.1) is 12.7 Å². The number of hydrogen-bond donors (Lipinski definition) is 1. The van der Waals surface area contributed by atoms with Gasteiger partial charge in [0, 0.05) is 17.3 Å².